The van der Waals surface area contributed by atoms with Crippen LogP contribution in [-0.4, -0.2) is 35.0 Å². The molecular formula is C15H18N2O2S3. The number of carbonyl (C=O) groups excluding carboxylic acids is 1. The summed E-state index contributed by atoms with van der Waals surface area (Å²) in [6.45, 7) is 5.25. The molecule has 1 fully saturated rings. The molecule has 0 aliphatic carbocycles. The number of aromatic amines is 1. The molecule has 7 heteroatoms. The average Bonchev–Trinajstić information content (AvgIpc) is 3.09. The number of aromatic nitrogens is 1. The number of carbonyl (C=O) groups is 1. The van der Waals surface area contributed by atoms with Crippen LogP contribution in [0.5, 0.6) is 0 Å². The van der Waals surface area contributed by atoms with Gasteiger partial charge in [-0.2, -0.15) is 11.3 Å². The molecule has 3 heterocycles. The Labute approximate surface area is 142 Å². The van der Waals surface area contributed by atoms with Crippen molar-refractivity contribution in [2.45, 2.75) is 32.5 Å². The van der Waals surface area contributed by atoms with Crippen molar-refractivity contribution < 1.29 is 9.53 Å². The molecular weight excluding hydrogens is 336 g/mol. The molecule has 1 aliphatic rings. The van der Waals surface area contributed by atoms with Gasteiger partial charge in [-0.1, -0.05) is 0 Å². The minimum absolute atomic E-state index is 0.0236. The average molecular weight is 355 g/mol. The Morgan fingerprint density at radius 2 is 2.36 bits per heavy atom. The maximum Gasteiger partial charge on any atom is 0.228 e. The van der Waals surface area contributed by atoms with Gasteiger partial charge >= 0.3 is 0 Å². The van der Waals surface area contributed by atoms with Gasteiger partial charge in [0.1, 0.15) is 6.10 Å². The number of ether oxygens (including phenoxy) is 1. The third-order valence-electron chi connectivity index (χ3n) is 3.76. The molecule has 0 bridgehead atoms. The van der Waals surface area contributed by atoms with Crippen molar-refractivity contribution in [3.8, 4) is 0 Å². The van der Waals surface area contributed by atoms with Gasteiger partial charge in [-0.05, 0) is 48.5 Å². The molecule has 3 rings (SSSR count). The van der Waals surface area contributed by atoms with Crippen molar-refractivity contribution in [2.75, 3.05) is 13.1 Å². The van der Waals surface area contributed by atoms with Crippen LogP contribution in [-0.2, 0) is 16.0 Å². The van der Waals surface area contributed by atoms with Crippen molar-refractivity contribution in [3.05, 3.63) is 36.9 Å². The fourth-order valence-corrected chi connectivity index (χ4v) is 4.64. The number of morpholine rings is 1. The van der Waals surface area contributed by atoms with Crippen LogP contribution in [0.4, 0.5) is 0 Å². The number of thiazole rings is 1. The minimum Gasteiger partial charge on any atom is -0.367 e. The highest BCUT2D eigenvalue weighted by atomic mass is 32.1. The number of thiophene rings is 1. The molecule has 22 heavy (non-hydrogen) atoms. The zero-order valence-electron chi connectivity index (χ0n) is 12.5. The highest BCUT2D eigenvalue weighted by molar-refractivity contribution is 7.73. The smallest absolute Gasteiger partial charge is 0.228 e. The van der Waals surface area contributed by atoms with E-state index in [0.29, 0.717) is 19.5 Å². The van der Waals surface area contributed by atoms with Crippen molar-refractivity contribution in [3.63, 3.8) is 0 Å². The summed E-state index contributed by atoms with van der Waals surface area (Å²) in [5.41, 5.74) is 2.15. The Morgan fingerprint density at radius 3 is 3.00 bits per heavy atom. The van der Waals surface area contributed by atoms with Crippen LogP contribution in [0.1, 0.15) is 29.2 Å². The SMILES string of the molecule is Cc1[nH]c(=S)sc1CC(=O)N1C[C@@H](c2ccsc2)O[C@@H](C)C1. The van der Waals surface area contributed by atoms with Gasteiger partial charge in [0, 0.05) is 17.1 Å². The Kier molecular flexibility index (Phi) is 4.77. The molecule has 0 spiro atoms. The molecule has 1 saturated heterocycles. The molecule has 2 aromatic rings. The fourth-order valence-electron chi connectivity index (χ4n) is 2.65. The van der Waals surface area contributed by atoms with E-state index in [4.69, 9.17) is 17.0 Å². The van der Waals surface area contributed by atoms with E-state index in [0.717, 1.165) is 20.1 Å². The van der Waals surface area contributed by atoms with Crippen molar-refractivity contribution >= 4 is 40.8 Å². The van der Waals surface area contributed by atoms with E-state index in [1.165, 1.54) is 11.3 Å². The summed E-state index contributed by atoms with van der Waals surface area (Å²) in [6.07, 6.45) is 0.435. The Balaban J connectivity index is 1.71. The van der Waals surface area contributed by atoms with Crippen molar-refractivity contribution in [1.29, 1.82) is 0 Å². The van der Waals surface area contributed by atoms with Crippen LogP contribution in [0, 0.1) is 10.9 Å². The summed E-state index contributed by atoms with van der Waals surface area (Å²) in [5.74, 6) is 0.142. The Bertz CT molecular complexity index is 705. The lowest BCUT2D eigenvalue weighted by Crippen LogP contribution is -2.46. The van der Waals surface area contributed by atoms with Crippen LogP contribution < -0.4 is 0 Å². The topological polar surface area (TPSA) is 45.3 Å². The predicted molar refractivity (Wildman–Crippen MR) is 92.1 cm³/mol. The standard InChI is InChI=1S/C15H18N2O2S3/c1-9-6-17(7-12(19-9)11-3-4-21-8-11)14(18)5-13-10(2)16-15(20)22-13/h3-4,8-9,12H,5-7H2,1-2H3,(H,16,20)/t9-,12-/m0/s1. The molecule has 0 saturated carbocycles. The number of nitrogens with one attached hydrogen (secondary N) is 1. The number of H-pyrrole nitrogens is 1. The number of rotatable bonds is 3. The lowest BCUT2D eigenvalue weighted by atomic mass is 10.1. The van der Waals surface area contributed by atoms with Crippen LogP contribution in [0.25, 0.3) is 0 Å². The van der Waals surface area contributed by atoms with Gasteiger partial charge in [-0.3, -0.25) is 4.79 Å². The molecule has 0 aromatic carbocycles. The van der Waals surface area contributed by atoms with Gasteiger partial charge in [0.2, 0.25) is 5.91 Å². The van der Waals surface area contributed by atoms with Gasteiger partial charge in [0.15, 0.2) is 3.95 Å². The minimum atomic E-state index is -0.0236. The predicted octanol–water partition coefficient (Wildman–Crippen LogP) is 3.71. The molecule has 1 N–H and O–H groups in total. The fraction of sp³-hybridized carbons (Fsp3) is 0.467. The van der Waals surface area contributed by atoms with E-state index < -0.39 is 0 Å². The number of amides is 1. The number of hydrogen-bond donors (Lipinski definition) is 1. The first-order valence-electron chi connectivity index (χ1n) is 7.17. The second kappa shape index (κ2) is 6.62. The summed E-state index contributed by atoms with van der Waals surface area (Å²) in [7, 11) is 0. The number of hydrogen-bond acceptors (Lipinski definition) is 5. The first-order valence-corrected chi connectivity index (χ1v) is 9.33. The third-order valence-corrected chi connectivity index (χ3v) is 5.80. The quantitative estimate of drug-likeness (QED) is 0.855. The second-order valence-corrected chi connectivity index (χ2v) is 8.08. The third kappa shape index (κ3) is 3.48. The highest BCUT2D eigenvalue weighted by Gasteiger charge is 2.29. The number of nitrogens with zero attached hydrogens (tertiary/aromatic N) is 1. The zero-order chi connectivity index (χ0) is 15.7. The van der Waals surface area contributed by atoms with Crippen LogP contribution in [0.2, 0.25) is 0 Å². The van der Waals surface area contributed by atoms with Gasteiger partial charge in [0.05, 0.1) is 19.1 Å². The molecule has 2 atom stereocenters. The highest BCUT2D eigenvalue weighted by Crippen LogP contribution is 2.27. The lowest BCUT2D eigenvalue weighted by Gasteiger charge is -2.36. The molecule has 1 aliphatic heterocycles. The van der Waals surface area contributed by atoms with E-state index in [2.05, 4.69) is 16.4 Å². The van der Waals surface area contributed by atoms with Crippen LogP contribution in [0.3, 0.4) is 0 Å². The molecule has 0 radical (unpaired) electrons. The van der Waals surface area contributed by atoms with E-state index in [1.807, 2.05) is 24.1 Å². The van der Waals surface area contributed by atoms with Gasteiger partial charge in [0.25, 0.3) is 0 Å². The largest absolute Gasteiger partial charge is 0.367 e. The van der Waals surface area contributed by atoms with E-state index in [1.54, 1.807) is 11.3 Å². The first-order chi connectivity index (χ1) is 10.5. The molecule has 1 amide bonds. The molecule has 0 unspecified atom stereocenters. The van der Waals surface area contributed by atoms with E-state index in [-0.39, 0.29) is 18.1 Å². The lowest BCUT2D eigenvalue weighted by molar-refractivity contribution is -0.144. The summed E-state index contributed by atoms with van der Waals surface area (Å²) in [6, 6.07) is 2.07. The maximum absolute atomic E-state index is 12.6. The van der Waals surface area contributed by atoms with Crippen molar-refractivity contribution in [1.82, 2.24) is 9.88 Å². The Hall–Kier alpha value is -1.02. The summed E-state index contributed by atoms with van der Waals surface area (Å²) in [4.78, 5) is 18.7. The summed E-state index contributed by atoms with van der Waals surface area (Å²) < 4.78 is 6.71. The van der Waals surface area contributed by atoms with Gasteiger partial charge in [-0.25, -0.2) is 0 Å². The van der Waals surface area contributed by atoms with E-state index in [9.17, 15) is 4.79 Å². The molecule has 4 nitrogen and oxygen atoms in total. The Morgan fingerprint density at radius 1 is 1.55 bits per heavy atom. The van der Waals surface area contributed by atoms with Crippen LogP contribution in [0.15, 0.2) is 16.8 Å². The summed E-state index contributed by atoms with van der Waals surface area (Å²) >= 11 is 8.28. The van der Waals surface area contributed by atoms with Crippen molar-refractivity contribution in [2.24, 2.45) is 0 Å². The summed E-state index contributed by atoms with van der Waals surface area (Å²) in [5, 5.41) is 4.13. The van der Waals surface area contributed by atoms with Gasteiger partial charge < -0.3 is 14.6 Å². The zero-order valence-corrected chi connectivity index (χ0v) is 14.9. The normalized spacial score (nSPS) is 22.0. The maximum atomic E-state index is 12.6. The molecule has 2 aromatic heterocycles. The second-order valence-electron chi connectivity index (χ2n) is 5.53. The monoisotopic (exact) mass is 354 g/mol. The number of aryl methyl sites for hydroxylation is 1. The van der Waals surface area contributed by atoms with Gasteiger partial charge in [-0.15, -0.1) is 11.3 Å². The first kappa shape index (κ1) is 15.9. The van der Waals surface area contributed by atoms with Crippen LogP contribution >= 0.6 is 34.9 Å². The molecule has 118 valence electrons. The van der Waals surface area contributed by atoms with E-state index >= 15 is 0 Å².